The quantitative estimate of drug-likeness (QED) is 0.657. The van der Waals surface area contributed by atoms with Crippen LogP contribution in [0, 0.1) is 0 Å². The summed E-state index contributed by atoms with van der Waals surface area (Å²) in [6.07, 6.45) is 0. The number of anilines is 1. The molecular weight excluding hydrogens is 316 g/mol. The van der Waals surface area contributed by atoms with Gasteiger partial charge in [-0.2, -0.15) is 0 Å². The number of fused-ring (bicyclic) bond motifs is 2. The molecule has 1 heterocycles. The van der Waals surface area contributed by atoms with Gasteiger partial charge in [0, 0.05) is 35.0 Å². The number of aromatic nitrogens is 1. The van der Waals surface area contributed by atoms with Gasteiger partial charge in [-0.05, 0) is 36.4 Å². The zero-order valence-corrected chi connectivity index (χ0v) is 13.2. The maximum Gasteiger partial charge on any atom is 0.137 e. The van der Waals surface area contributed by atoms with Crippen LogP contribution in [0.1, 0.15) is 0 Å². The topological polar surface area (TPSA) is 25.4 Å². The first-order chi connectivity index (χ1) is 9.60. The predicted octanol–water partition coefficient (Wildman–Crippen LogP) is 4.23. The van der Waals surface area contributed by atoms with E-state index >= 15 is 0 Å². The molecule has 3 aromatic rings. The van der Waals surface area contributed by atoms with Crippen molar-refractivity contribution in [3.05, 3.63) is 40.9 Å². The number of methoxy groups -OCH3 is 1. The molecule has 0 aliphatic rings. The highest BCUT2D eigenvalue weighted by Gasteiger charge is 2.11. The van der Waals surface area contributed by atoms with Crippen molar-refractivity contribution in [3.63, 3.8) is 0 Å². The van der Waals surface area contributed by atoms with Crippen LogP contribution in [0.3, 0.4) is 0 Å². The van der Waals surface area contributed by atoms with E-state index in [0.717, 1.165) is 37.7 Å². The molecule has 0 aliphatic heterocycles. The minimum atomic E-state index is 0.876. The number of ether oxygens (including phenoxy) is 1. The molecule has 0 atom stereocenters. The highest BCUT2D eigenvalue weighted by atomic mass is 79.9. The van der Waals surface area contributed by atoms with Crippen LogP contribution in [0.4, 0.5) is 5.69 Å². The lowest BCUT2D eigenvalue weighted by Crippen LogP contribution is -2.08. The minimum absolute atomic E-state index is 0.876. The Kier molecular flexibility index (Phi) is 3.26. The van der Waals surface area contributed by atoms with Crippen LogP contribution >= 0.6 is 15.9 Å². The molecule has 4 heteroatoms. The van der Waals surface area contributed by atoms with Crippen LogP contribution in [0.2, 0.25) is 0 Å². The zero-order chi connectivity index (χ0) is 14.3. The van der Waals surface area contributed by atoms with Crippen LogP contribution in [-0.4, -0.2) is 26.2 Å². The van der Waals surface area contributed by atoms with E-state index in [1.807, 2.05) is 38.4 Å². The van der Waals surface area contributed by atoms with Crippen molar-refractivity contribution in [3.8, 4) is 5.75 Å². The smallest absolute Gasteiger partial charge is 0.137 e. The molecule has 102 valence electrons. The van der Waals surface area contributed by atoms with Crippen molar-refractivity contribution in [1.82, 2.24) is 4.98 Å². The average molecular weight is 331 g/mol. The van der Waals surface area contributed by atoms with Gasteiger partial charge in [0.25, 0.3) is 0 Å². The second-order valence-corrected chi connectivity index (χ2v) is 5.82. The summed E-state index contributed by atoms with van der Waals surface area (Å²) >= 11 is 3.49. The Balaban J connectivity index is 2.42. The lowest BCUT2D eigenvalue weighted by Gasteiger charge is -2.15. The molecule has 0 spiro atoms. The molecule has 0 amide bonds. The summed E-state index contributed by atoms with van der Waals surface area (Å²) in [5.74, 6) is 0.876. The largest absolute Gasteiger partial charge is 0.495 e. The standard InChI is InChI=1S/C16H15BrN2O/c1-19(2)11-5-7-14-13(9-11)16(20-3)12-6-4-10(17)8-15(12)18-14/h4-9H,1-3H3. The predicted molar refractivity (Wildman–Crippen MR) is 87.8 cm³/mol. The molecule has 0 saturated carbocycles. The molecule has 3 nitrogen and oxygen atoms in total. The number of hydrogen-bond donors (Lipinski definition) is 0. The zero-order valence-electron chi connectivity index (χ0n) is 11.6. The third kappa shape index (κ3) is 2.10. The van der Waals surface area contributed by atoms with Gasteiger partial charge in [0.15, 0.2) is 0 Å². The number of rotatable bonds is 2. The van der Waals surface area contributed by atoms with Crippen LogP contribution in [0.25, 0.3) is 21.8 Å². The summed E-state index contributed by atoms with van der Waals surface area (Å²) in [5.41, 5.74) is 3.01. The number of hydrogen-bond acceptors (Lipinski definition) is 3. The van der Waals surface area contributed by atoms with E-state index in [1.54, 1.807) is 7.11 Å². The van der Waals surface area contributed by atoms with E-state index < -0.39 is 0 Å². The molecule has 0 fully saturated rings. The number of pyridine rings is 1. The normalized spacial score (nSPS) is 11.0. The molecule has 20 heavy (non-hydrogen) atoms. The van der Waals surface area contributed by atoms with Gasteiger partial charge >= 0.3 is 0 Å². The molecule has 0 N–H and O–H groups in total. The highest BCUT2D eigenvalue weighted by Crippen LogP contribution is 2.35. The SMILES string of the molecule is COc1c2ccc(Br)cc2nc2ccc(N(C)C)cc12. The van der Waals surface area contributed by atoms with Crippen molar-refractivity contribution in [2.75, 3.05) is 26.1 Å². The first kappa shape index (κ1) is 13.2. The molecule has 1 aromatic heterocycles. The monoisotopic (exact) mass is 330 g/mol. The first-order valence-electron chi connectivity index (χ1n) is 6.34. The van der Waals surface area contributed by atoms with Gasteiger partial charge in [-0.25, -0.2) is 4.98 Å². The van der Waals surface area contributed by atoms with Crippen molar-refractivity contribution in [1.29, 1.82) is 0 Å². The fourth-order valence-corrected chi connectivity index (χ4v) is 2.71. The maximum absolute atomic E-state index is 5.64. The summed E-state index contributed by atoms with van der Waals surface area (Å²) < 4.78 is 6.66. The Labute approximate surface area is 126 Å². The maximum atomic E-state index is 5.64. The lowest BCUT2D eigenvalue weighted by atomic mass is 10.1. The summed E-state index contributed by atoms with van der Waals surface area (Å²) in [6, 6.07) is 12.3. The van der Waals surface area contributed by atoms with Crippen molar-refractivity contribution >= 4 is 43.4 Å². The molecular formula is C16H15BrN2O. The van der Waals surface area contributed by atoms with E-state index in [9.17, 15) is 0 Å². The molecule has 0 radical (unpaired) electrons. The second-order valence-electron chi connectivity index (χ2n) is 4.90. The molecule has 0 aliphatic carbocycles. The molecule has 0 saturated heterocycles. The van der Waals surface area contributed by atoms with Gasteiger partial charge in [0.1, 0.15) is 5.75 Å². The third-order valence-electron chi connectivity index (χ3n) is 3.39. The summed E-state index contributed by atoms with van der Waals surface area (Å²) in [6.45, 7) is 0. The second kappa shape index (κ2) is 4.94. The third-order valence-corrected chi connectivity index (χ3v) is 3.88. The fraction of sp³-hybridized carbons (Fsp3) is 0.188. The van der Waals surface area contributed by atoms with Crippen LogP contribution in [-0.2, 0) is 0 Å². The van der Waals surface area contributed by atoms with Crippen molar-refractivity contribution in [2.45, 2.75) is 0 Å². The van der Waals surface area contributed by atoms with Crippen LogP contribution in [0.15, 0.2) is 40.9 Å². The Bertz CT molecular complexity index is 799. The van der Waals surface area contributed by atoms with Crippen LogP contribution in [0.5, 0.6) is 5.75 Å². The first-order valence-corrected chi connectivity index (χ1v) is 7.14. The molecule has 2 aromatic carbocycles. The number of nitrogens with zero attached hydrogens (tertiary/aromatic N) is 2. The van der Waals surface area contributed by atoms with Crippen molar-refractivity contribution in [2.24, 2.45) is 0 Å². The van der Waals surface area contributed by atoms with Gasteiger partial charge in [-0.15, -0.1) is 0 Å². The average Bonchev–Trinajstić information content (AvgIpc) is 2.43. The van der Waals surface area contributed by atoms with Gasteiger partial charge < -0.3 is 9.64 Å². The van der Waals surface area contributed by atoms with E-state index in [1.165, 1.54) is 0 Å². The summed E-state index contributed by atoms with van der Waals surface area (Å²) in [7, 11) is 5.76. The molecule has 0 unspecified atom stereocenters. The van der Waals surface area contributed by atoms with E-state index in [-0.39, 0.29) is 0 Å². The lowest BCUT2D eigenvalue weighted by molar-refractivity contribution is 0.424. The van der Waals surface area contributed by atoms with E-state index in [2.05, 4.69) is 33.0 Å². The molecule has 0 bridgehead atoms. The minimum Gasteiger partial charge on any atom is -0.495 e. The van der Waals surface area contributed by atoms with E-state index in [0.29, 0.717) is 0 Å². The summed E-state index contributed by atoms with van der Waals surface area (Å²) in [4.78, 5) is 6.79. The van der Waals surface area contributed by atoms with E-state index in [4.69, 9.17) is 9.72 Å². The Morgan fingerprint density at radius 3 is 2.50 bits per heavy atom. The Morgan fingerprint density at radius 2 is 1.80 bits per heavy atom. The van der Waals surface area contributed by atoms with Crippen molar-refractivity contribution < 1.29 is 4.74 Å². The van der Waals surface area contributed by atoms with Gasteiger partial charge in [0.2, 0.25) is 0 Å². The fourth-order valence-electron chi connectivity index (χ4n) is 2.37. The number of halogens is 1. The van der Waals surface area contributed by atoms with Gasteiger partial charge in [-0.3, -0.25) is 0 Å². The Hall–Kier alpha value is -1.81. The Morgan fingerprint density at radius 1 is 1.00 bits per heavy atom. The summed E-state index contributed by atoms with van der Waals surface area (Å²) in [5, 5.41) is 2.06. The number of benzene rings is 2. The van der Waals surface area contributed by atoms with Crippen LogP contribution < -0.4 is 9.64 Å². The van der Waals surface area contributed by atoms with Gasteiger partial charge in [0.05, 0.1) is 18.1 Å². The highest BCUT2D eigenvalue weighted by molar-refractivity contribution is 9.10. The molecule has 3 rings (SSSR count). The van der Waals surface area contributed by atoms with Gasteiger partial charge in [-0.1, -0.05) is 15.9 Å².